The molecule has 0 radical (unpaired) electrons. The average Bonchev–Trinajstić information content (AvgIpc) is 2.76. The molecule has 0 unspecified atom stereocenters. The van der Waals surface area contributed by atoms with Crippen LogP contribution in [-0.2, 0) is 11.2 Å². The largest absolute Gasteiger partial charge is 0.305 e. The minimum Gasteiger partial charge on any atom is -0.305 e. The van der Waals surface area contributed by atoms with Crippen molar-refractivity contribution in [1.82, 2.24) is 15.1 Å². The first-order valence-corrected chi connectivity index (χ1v) is 7.16. The van der Waals surface area contributed by atoms with E-state index in [2.05, 4.69) is 45.0 Å². The van der Waals surface area contributed by atoms with Crippen molar-refractivity contribution in [2.75, 3.05) is 6.54 Å². The Balaban J connectivity index is 2.51. The number of rotatable bonds is 7. The zero-order chi connectivity index (χ0) is 14.5. The summed E-state index contributed by atoms with van der Waals surface area (Å²) in [6.45, 7) is 10.9. The van der Waals surface area contributed by atoms with Crippen LogP contribution in [0.15, 0.2) is 12.3 Å². The molecule has 108 valence electrons. The second-order valence-corrected chi connectivity index (χ2v) is 6.08. The van der Waals surface area contributed by atoms with Crippen LogP contribution in [0.2, 0.25) is 0 Å². The molecule has 1 heterocycles. The Labute approximate surface area is 116 Å². The number of ketones is 1. The zero-order valence-electron chi connectivity index (χ0n) is 12.9. The van der Waals surface area contributed by atoms with Crippen molar-refractivity contribution >= 4 is 5.78 Å². The van der Waals surface area contributed by atoms with Crippen molar-refractivity contribution in [2.24, 2.45) is 0 Å². The molecule has 1 N–H and O–H groups in total. The number of hydrogen-bond acceptors (Lipinski definition) is 3. The second kappa shape index (κ2) is 6.85. The van der Waals surface area contributed by atoms with Crippen LogP contribution in [-0.4, -0.2) is 27.6 Å². The molecule has 0 amide bonds. The van der Waals surface area contributed by atoms with Crippen LogP contribution in [0.5, 0.6) is 0 Å². The van der Waals surface area contributed by atoms with Crippen molar-refractivity contribution in [1.29, 1.82) is 0 Å². The topological polar surface area (TPSA) is 46.9 Å². The summed E-state index contributed by atoms with van der Waals surface area (Å²) in [4.78, 5) is 11.9. The lowest BCUT2D eigenvalue weighted by atomic mass is 10.1. The molecule has 0 aliphatic rings. The fourth-order valence-electron chi connectivity index (χ4n) is 1.97. The van der Waals surface area contributed by atoms with Crippen LogP contribution in [0.4, 0.5) is 0 Å². The van der Waals surface area contributed by atoms with Gasteiger partial charge in [0.15, 0.2) is 5.78 Å². The molecule has 0 spiro atoms. The lowest BCUT2D eigenvalue weighted by Gasteiger charge is -2.19. The Morgan fingerprint density at radius 1 is 1.37 bits per heavy atom. The summed E-state index contributed by atoms with van der Waals surface area (Å²) in [5, 5.41) is 7.71. The van der Waals surface area contributed by atoms with E-state index in [-0.39, 0.29) is 11.3 Å². The van der Waals surface area contributed by atoms with Gasteiger partial charge < -0.3 is 5.32 Å². The van der Waals surface area contributed by atoms with E-state index in [0.29, 0.717) is 19.0 Å². The van der Waals surface area contributed by atoms with E-state index >= 15 is 0 Å². The number of carbonyl (C=O) groups is 1. The third-order valence-electron chi connectivity index (χ3n) is 3.17. The summed E-state index contributed by atoms with van der Waals surface area (Å²) in [6, 6.07) is 2.39. The Morgan fingerprint density at radius 3 is 2.53 bits per heavy atom. The summed E-state index contributed by atoms with van der Waals surface area (Å²) in [5.74, 6) is 0.185. The maximum absolute atomic E-state index is 11.9. The Morgan fingerprint density at radius 2 is 2.00 bits per heavy atom. The SMILES string of the molecule is CCC(CC)n1ccc(CC(=O)CNC(C)(C)C)n1. The molecule has 0 fully saturated rings. The summed E-state index contributed by atoms with van der Waals surface area (Å²) in [6.07, 6.45) is 4.53. The minimum absolute atomic E-state index is 0.0233. The van der Waals surface area contributed by atoms with E-state index in [4.69, 9.17) is 0 Å². The molecule has 0 bridgehead atoms. The lowest BCUT2D eigenvalue weighted by molar-refractivity contribution is -0.117. The van der Waals surface area contributed by atoms with Gasteiger partial charge in [0.2, 0.25) is 0 Å². The van der Waals surface area contributed by atoms with Gasteiger partial charge in [0.25, 0.3) is 0 Å². The van der Waals surface area contributed by atoms with Gasteiger partial charge in [-0.25, -0.2) is 0 Å². The highest BCUT2D eigenvalue weighted by atomic mass is 16.1. The molecule has 4 nitrogen and oxygen atoms in total. The maximum atomic E-state index is 11.9. The zero-order valence-corrected chi connectivity index (χ0v) is 12.9. The quantitative estimate of drug-likeness (QED) is 0.824. The van der Waals surface area contributed by atoms with E-state index in [1.54, 1.807) is 0 Å². The smallest absolute Gasteiger partial charge is 0.152 e. The van der Waals surface area contributed by atoms with Gasteiger partial charge in [0, 0.05) is 11.7 Å². The van der Waals surface area contributed by atoms with E-state index in [0.717, 1.165) is 18.5 Å². The fourth-order valence-corrected chi connectivity index (χ4v) is 1.97. The van der Waals surface area contributed by atoms with Gasteiger partial charge in [-0.05, 0) is 39.7 Å². The number of nitrogens with zero attached hydrogens (tertiary/aromatic N) is 2. The second-order valence-electron chi connectivity index (χ2n) is 6.08. The van der Waals surface area contributed by atoms with Crippen LogP contribution in [0.1, 0.15) is 59.2 Å². The molecule has 1 aromatic rings. The molecule has 0 aromatic carbocycles. The van der Waals surface area contributed by atoms with Gasteiger partial charge in [0.05, 0.1) is 24.7 Å². The van der Waals surface area contributed by atoms with Gasteiger partial charge in [0.1, 0.15) is 0 Å². The monoisotopic (exact) mass is 265 g/mol. The summed E-state index contributed by atoms with van der Waals surface area (Å²) < 4.78 is 1.99. The highest BCUT2D eigenvalue weighted by Gasteiger charge is 2.13. The molecular formula is C15H27N3O. The van der Waals surface area contributed by atoms with Crippen molar-refractivity contribution in [3.05, 3.63) is 18.0 Å². The first kappa shape index (κ1) is 15.9. The van der Waals surface area contributed by atoms with Crippen LogP contribution < -0.4 is 5.32 Å². The summed E-state index contributed by atoms with van der Waals surface area (Å²) >= 11 is 0. The first-order chi connectivity index (χ1) is 8.85. The van der Waals surface area contributed by atoms with E-state index in [1.165, 1.54) is 0 Å². The number of aromatic nitrogens is 2. The van der Waals surface area contributed by atoms with Gasteiger partial charge >= 0.3 is 0 Å². The van der Waals surface area contributed by atoms with Crippen LogP contribution >= 0.6 is 0 Å². The highest BCUT2D eigenvalue weighted by molar-refractivity contribution is 5.82. The average molecular weight is 265 g/mol. The predicted molar refractivity (Wildman–Crippen MR) is 78.3 cm³/mol. The third-order valence-corrected chi connectivity index (χ3v) is 3.17. The fraction of sp³-hybridized carbons (Fsp3) is 0.733. The van der Waals surface area contributed by atoms with Crippen molar-refractivity contribution in [3.63, 3.8) is 0 Å². The van der Waals surface area contributed by atoms with Crippen molar-refractivity contribution in [3.8, 4) is 0 Å². The highest BCUT2D eigenvalue weighted by Crippen LogP contribution is 2.14. The Bertz CT molecular complexity index is 400. The standard InChI is InChI=1S/C15H27N3O/c1-6-13(7-2)18-9-8-12(17-18)10-14(19)11-16-15(3,4)5/h8-9,13,16H,6-7,10-11H2,1-5H3. The lowest BCUT2D eigenvalue weighted by Crippen LogP contribution is -2.39. The van der Waals surface area contributed by atoms with Gasteiger partial charge in [-0.15, -0.1) is 0 Å². The van der Waals surface area contributed by atoms with Gasteiger partial charge in [-0.1, -0.05) is 13.8 Å². The predicted octanol–water partition coefficient (Wildman–Crippen LogP) is 2.74. The molecule has 0 atom stereocenters. The molecule has 0 aliphatic carbocycles. The van der Waals surface area contributed by atoms with Gasteiger partial charge in [-0.2, -0.15) is 5.10 Å². The van der Waals surface area contributed by atoms with E-state index < -0.39 is 0 Å². The first-order valence-electron chi connectivity index (χ1n) is 7.16. The van der Waals surface area contributed by atoms with E-state index in [9.17, 15) is 4.79 Å². The van der Waals surface area contributed by atoms with Crippen molar-refractivity contribution < 1.29 is 4.79 Å². The van der Waals surface area contributed by atoms with Crippen LogP contribution in [0.25, 0.3) is 0 Å². The molecule has 0 saturated carbocycles. The number of hydrogen-bond donors (Lipinski definition) is 1. The molecule has 1 rings (SSSR count). The number of nitrogens with one attached hydrogen (secondary N) is 1. The summed E-state index contributed by atoms with van der Waals surface area (Å²) in [7, 11) is 0. The molecule has 0 saturated heterocycles. The Hall–Kier alpha value is -1.16. The molecule has 0 aliphatic heterocycles. The van der Waals surface area contributed by atoms with Crippen LogP contribution in [0.3, 0.4) is 0 Å². The normalized spacial score (nSPS) is 12.1. The van der Waals surface area contributed by atoms with E-state index in [1.807, 2.05) is 16.9 Å². The minimum atomic E-state index is -0.0233. The molecule has 4 heteroatoms. The maximum Gasteiger partial charge on any atom is 0.152 e. The Kier molecular flexibility index (Phi) is 5.73. The third kappa shape index (κ3) is 5.55. The molecule has 19 heavy (non-hydrogen) atoms. The molecule has 1 aromatic heterocycles. The van der Waals surface area contributed by atoms with Gasteiger partial charge in [-0.3, -0.25) is 9.48 Å². The molecular weight excluding hydrogens is 238 g/mol. The summed E-state index contributed by atoms with van der Waals surface area (Å²) in [5.41, 5.74) is 0.845. The number of Topliss-reactive ketones (excluding diaryl/α,β-unsaturated/α-hetero) is 1. The van der Waals surface area contributed by atoms with Crippen LogP contribution in [0, 0.1) is 0 Å². The van der Waals surface area contributed by atoms with Crippen molar-refractivity contribution in [2.45, 2.75) is 65.5 Å². The number of carbonyl (C=O) groups excluding carboxylic acids is 1.